The molecule has 1 aromatic rings. The van der Waals surface area contributed by atoms with E-state index >= 15 is 0 Å². The molecule has 2 saturated heterocycles. The second kappa shape index (κ2) is 8.99. The Morgan fingerprint density at radius 2 is 2.08 bits per heavy atom. The third-order valence-electron chi connectivity index (χ3n) is 5.45. The van der Waals surface area contributed by atoms with Crippen molar-refractivity contribution < 1.29 is 14.3 Å². The average molecular weight is 356 g/mol. The summed E-state index contributed by atoms with van der Waals surface area (Å²) in [6.07, 6.45) is 6.91. The number of piperidine rings is 1. The summed E-state index contributed by atoms with van der Waals surface area (Å²) in [4.78, 5) is 29.0. The van der Waals surface area contributed by atoms with Crippen molar-refractivity contribution in [2.75, 3.05) is 33.4 Å². The minimum atomic E-state index is 0.0614. The molecule has 0 unspecified atom stereocenters. The molecule has 1 aromatic carbocycles. The first-order chi connectivity index (χ1) is 12.7. The zero-order valence-corrected chi connectivity index (χ0v) is 15.5. The predicted molar refractivity (Wildman–Crippen MR) is 101 cm³/mol. The summed E-state index contributed by atoms with van der Waals surface area (Å²) in [6, 6.07) is 10.1. The Hall–Kier alpha value is -2.14. The van der Waals surface area contributed by atoms with Crippen LogP contribution < -0.4 is 0 Å². The predicted octanol–water partition coefficient (Wildman–Crippen LogP) is 2.58. The highest BCUT2D eigenvalue weighted by Gasteiger charge is 2.37. The van der Waals surface area contributed by atoms with Crippen molar-refractivity contribution in [2.45, 2.75) is 31.7 Å². The number of amides is 2. The largest absolute Gasteiger partial charge is 0.383 e. The number of rotatable bonds is 5. The van der Waals surface area contributed by atoms with Gasteiger partial charge in [0.05, 0.1) is 6.61 Å². The van der Waals surface area contributed by atoms with E-state index in [2.05, 4.69) is 0 Å². The third-order valence-corrected chi connectivity index (χ3v) is 5.45. The van der Waals surface area contributed by atoms with Gasteiger partial charge in [-0.2, -0.15) is 0 Å². The number of carbonyl (C=O) groups is 2. The van der Waals surface area contributed by atoms with Gasteiger partial charge in [0.25, 0.3) is 0 Å². The topological polar surface area (TPSA) is 49.9 Å². The number of fused-ring (bicyclic) bond motifs is 1. The molecule has 26 heavy (non-hydrogen) atoms. The minimum Gasteiger partial charge on any atom is -0.383 e. The molecular formula is C21H28N2O3. The van der Waals surface area contributed by atoms with Crippen LogP contribution in [0, 0.1) is 5.92 Å². The molecule has 2 heterocycles. The maximum atomic E-state index is 12.6. The quantitative estimate of drug-likeness (QED) is 0.762. The van der Waals surface area contributed by atoms with Gasteiger partial charge in [-0.25, -0.2) is 0 Å². The SMILES string of the molecule is COCCN1C(=O)CCC[C@H]2CN(C(=O)/C=C/c3ccccc3)CC[C@H]21. The first-order valence-corrected chi connectivity index (χ1v) is 9.49. The monoisotopic (exact) mass is 356 g/mol. The number of likely N-dealkylation sites (tertiary alicyclic amines) is 2. The number of nitrogens with zero attached hydrogens (tertiary/aromatic N) is 2. The van der Waals surface area contributed by atoms with Crippen LogP contribution in [0.5, 0.6) is 0 Å². The molecule has 0 aliphatic carbocycles. The lowest BCUT2D eigenvalue weighted by Crippen LogP contribution is -2.53. The molecule has 0 spiro atoms. The van der Waals surface area contributed by atoms with Crippen LogP contribution in [0.25, 0.3) is 6.08 Å². The second-order valence-corrected chi connectivity index (χ2v) is 7.12. The van der Waals surface area contributed by atoms with Crippen LogP contribution in [0.3, 0.4) is 0 Å². The number of carbonyl (C=O) groups excluding carboxylic acids is 2. The van der Waals surface area contributed by atoms with E-state index in [1.165, 1.54) is 0 Å². The molecule has 3 rings (SSSR count). The van der Waals surface area contributed by atoms with Gasteiger partial charge in [0.15, 0.2) is 0 Å². The van der Waals surface area contributed by atoms with Crippen LogP contribution in [0.15, 0.2) is 36.4 Å². The highest BCUT2D eigenvalue weighted by Crippen LogP contribution is 2.30. The van der Waals surface area contributed by atoms with Crippen molar-refractivity contribution in [1.82, 2.24) is 9.80 Å². The van der Waals surface area contributed by atoms with Crippen molar-refractivity contribution in [3.63, 3.8) is 0 Å². The van der Waals surface area contributed by atoms with Crippen LogP contribution in [-0.2, 0) is 14.3 Å². The molecule has 2 aliphatic rings. The van der Waals surface area contributed by atoms with Crippen LogP contribution in [-0.4, -0.2) is 61.0 Å². The van der Waals surface area contributed by atoms with Gasteiger partial charge in [0.1, 0.15) is 0 Å². The fourth-order valence-corrected chi connectivity index (χ4v) is 4.08. The molecule has 5 heteroatoms. The highest BCUT2D eigenvalue weighted by atomic mass is 16.5. The molecule has 0 radical (unpaired) electrons. The first kappa shape index (κ1) is 18.6. The molecule has 0 saturated carbocycles. The van der Waals surface area contributed by atoms with Crippen LogP contribution in [0.4, 0.5) is 0 Å². The van der Waals surface area contributed by atoms with E-state index in [-0.39, 0.29) is 17.9 Å². The molecule has 2 fully saturated rings. The summed E-state index contributed by atoms with van der Waals surface area (Å²) < 4.78 is 5.18. The fourth-order valence-electron chi connectivity index (χ4n) is 4.08. The standard InChI is InChI=1S/C21H28N2O3/c1-26-15-14-23-19-12-13-22(16-18(19)8-5-9-21(23)25)20(24)11-10-17-6-3-2-4-7-17/h2-4,6-7,10-11,18-19H,5,8-9,12-16H2,1H3/b11-10+/t18-,19+/m0/s1. The molecule has 2 amide bonds. The Kier molecular flexibility index (Phi) is 6.45. The molecule has 2 aliphatic heterocycles. The van der Waals surface area contributed by atoms with Gasteiger partial charge in [-0.05, 0) is 36.8 Å². The summed E-state index contributed by atoms with van der Waals surface area (Å²) in [5.74, 6) is 0.658. The second-order valence-electron chi connectivity index (χ2n) is 7.12. The van der Waals surface area contributed by atoms with Gasteiger partial charge < -0.3 is 14.5 Å². The molecule has 140 valence electrons. The Morgan fingerprint density at radius 1 is 1.27 bits per heavy atom. The van der Waals surface area contributed by atoms with Crippen molar-refractivity contribution in [3.05, 3.63) is 42.0 Å². The number of ether oxygens (including phenoxy) is 1. The van der Waals surface area contributed by atoms with E-state index in [9.17, 15) is 9.59 Å². The average Bonchev–Trinajstić information content (AvgIpc) is 2.83. The number of hydrogen-bond donors (Lipinski definition) is 0. The summed E-state index contributed by atoms with van der Waals surface area (Å²) in [5.41, 5.74) is 1.03. The number of benzene rings is 1. The Bertz CT molecular complexity index is 644. The van der Waals surface area contributed by atoms with Crippen molar-refractivity contribution in [3.8, 4) is 0 Å². The zero-order valence-electron chi connectivity index (χ0n) is 15.5. The van der Waals surface area contributed by atoms with Gasteiger partial charge in [0, 0.05) is 45.3 Å². The minimum absolute atomic E-state index is 0.0614. The first-order valence-electron chi connectivity index (χ1n) is 9.49. The maximum absolute atomic E-state index is 12.6. The Labute approximate surface area is 155 Å². The zero-order chi connectivity index (χ0) is 18.4. The number of methoxy groups -OCH3 is 1. The summed E-state index contributed by atoms with van der Waals surface area (Å²) >= 11 is 0. The van der Waals surface area contributed by atoms with Gasteiger partial charge in [-0.15, -0.1) is 0 Å². The van der Waals surface area contributed by atoms with E-state index in [4.69, 9.17) is 4.74 Å². The smallest absolute Gasteiger partial charge is 0.246 e. The molecular weight excluding hydrogens is 328 g/mol. The van der Waals surface area contributed by atoms with E-state index in [0.29, 0.717) is 32.0 Å². The van der Waals surface area contributed by atoms with Crippen molar-refractivity contribution in [2.24, 2.45) is 5.92 Å². The lowest BCUT2D eigenvalue weighted by atomic mass is 9.88. The van der Waals surface area contributed by atoms with E-state index in [1.807, 2.05) is 46.2 Å². The van der Waals surface area contributed by atoms with Crippen LogP contribution >= 0.6 is 0 Å². The molecule has 2 atom stereocenters. The number of hydrogen-bond acceptors (Lipinski definition) is 3. The van der Waals surface area contributed by atoms with Gasteiger partial charge in [-0.3, -0.25) is 9.59 Å². The van der Waals surface area contributed by atoms with E-state index in [1.54, 1.807) is 13.2 Å². The molecule has 0 bridgehead atoms. The highest BCUT2D eigenvalue weighted by molar-refractivity contribution is 5.91. The lowest BCUT2D eigenvalue weighted by Gasteiger charge is -2.42. The van der Waals surface area contributed by atoms with Crippen LogP contribution in [0.2, 0.25) is 0 Å². The Balaban J connectivity index is 1.63. The van der Waals surface area contributed by atoms with Gasteiger partial charge in [-0.1, -0.05) is 30.3 Å². The van der Waals surface area contributed by atoms with Crippen molar-refractivity contribution in [1.29, 1.82) is 0 Å². The van der Waals surface area contributed by atoms with E-state index < -0.39 is 0 Å². The molecule has 0 aromatic heterocycles. The Morgan fingerprint density at radius 3 is 2.85 bits per heavy atom. The van der Waals surface area contributed by atoms with Gasteiger partial charge in [0.2, 0.25) is 11.8 Å². The maximum Gasteiger partial charge on any atom is 0.246 e. The molecule has 0 N–H and O–H groups in total. The lowest BCUT2D eigenvalue weighted by molar-refractivity contribution is -0.136. The summed E-state index contributed by atoms with van der Waals surface area (Å²) in [6.45, 7) is 2.66. The summed E-state index contributed by atoms with van der Waals surface area (Å²) in [5, 5.41) is 0. The summed E-state index contributed by atoms with van der Waals surface area (Å²) in [7, 11) is 1.67. The van der Waals surface area contributed by atoms with Crippen LogP contribution in [0.1, 0.15) is 31.2 Å². The van der Waals surface area contributed by atoms with Crippen molar-refractivity contribution >= 4 is 17.9 Å². The van der Waals surface area contributed by atoms with Gasteiger partial charge >= 0.3 is 0 Å². The third kappa shape index (κ3) is 4.52. The molecule has 5 nitrogen and oxygen atoms in total. The van der Waals surface area contributed by atoms with E-state index in [0.717, 1.165) is 31.4 Å². The normalized spacial score (nSPS) is 23.8. The fraction of sp³-hybridized carbons (Fsp3) is 0.524.